The molecule has 2 amide bonds. The monoisotopic (exact) mass is 1200 g/mol. The Labute approximate surface area is 466 Å². The Bertz CT molecular complexity index is 3080. The lowest BCUT2D eigenvalue weighted by atomic mass is 10.1. The van der Waals surface area contributed by atoms with Gasteiger partial charge in [0.1, 0.15) is 65.6 Å². The fourth-order valence-electron chi connectivity index (χ4n) is 9.91. The predicted octanol–water partition coefficient (Wildman–Crippen LogP) is 7.75. The minimum Gasteiger partial charge on any atom is -0.404 e. The molecule has 6 saturated heterocycles. The Morgan fingerprint density at radius 1 is 0.683 bits per heavy atom. The van der Waals surface area contributed by atoms with Gasteiger partial charge in [-0.3, -0.25) is 42.3 Å². The quantitative estimate of drug-likeness (QED) is 0.0637. The van der Waals surface area contributed by atoms with Crippen molar-refractivity contribution in [3.05, 3.63) is 153 Å². The Morgan fingerprint density at radius 2 is 1.11 bits per heavy atom. The summed E-state index contributed by atoms with van der Waals surface area (Å²) in [6, 6.07) is 10.7. The van der Waals surface area contributed by atoms with Crippen molar-refractivity contribution in [2.75, 3.05) is 26.4 Å². The molecule has 30 heteroatoms. The van der Waals surface area contributed by atoms with Gasteiger partial charge in [-0.05, 0) is 88.1 Å². The fourth-order valence-corrected chi connectivity index (χ4v) is 12.7. The van der Waals surface area contributed by atoms with Gasteiger partial charge in [-0.1, -0.05) is 12.2 Å². The Morgan fingerprint density at radius 3 is 1.56 bits per heavy atom. The van der Waals surface area contributed by atoms with E-state index in [2.05, 4.69) is 0 Å². The molecule has 0 spiro atoms. The standard InChI is InChI=1S/C23H27F2N2O8P.C15H12F2NO6P.C14H20N2O5/c1-23(2)33-19-18(32-22(20(19)34-23)27-6-3-4-13(11-27)21(26)28)12-31-36(29)30-7-5-17(35-36)14-8-15(24)10-16(25)9-14;16-11-7-10(8-12(17)9-11)15-5-6-22-25(21,24-15)23-14-3-1-13(2-4-14)18(19)20;1-14(2)20-10-9(7-17)19-13(11(10)21-14)16-5-3-4-8(6-16)12(15)18/h3,6,8-11,17-20,22H,4-5,7,12H2,1-2H3,(H2,26,28);1-4,7-9,15H,5-6H2;3,5-6,9-11,13,17H,4,7H2,1-2H3,(H2,15,18)/t17?,18?,19-,20-,22-,36?;;9?,10-,11-,13-/m1.1/s1. The van der Waals surface area contributed by atoms with E-state index in [0.29, 0.717) is 24.0 Å². The number of nitro groups is 1. The van der Waals surface area contributed by atoms with Crippen LogP contribution in [0, 0.1) is 33.4 Å². The summed E-state index contributed by atoms with van der Waals surface area (Å²) in [5.41, 5.74) is 11.9. The van der Waals surface area contributed by atoms with Crippen LogP contribution in [0.2, 0.25) is 0 Å². The number of hydrogen-bond donors (Lipinski definition) is 3. The first-order valence-electron chi connectivity index (χ1n) is 25.7. The zero-order valence-electron chi connectivity index (χ0n) is 44.4. The smallest absolute Gasteiger partial charge is 0.404 e. The van der Waals surface area contributed by atoms with Gasteiger partial charge in [0.25, 0.3) is 5.69 Å². The molecule has 12 atom stereocenters. The molecule has 444 valence electrons. The lowest BCUT2D eigenvalue weighted by Gasteiger charge is -2.32. The number of nitrogens with zero attached hydrogens (tertiary/aromatic N) is 3. The maximum atomic E-state index is 13.7. The fraction of sp³-hybridized carbons (Fsp3) is 0.462. The molecular weight excluding hydrogens is 1140 g/mol. The van der Waals surface area contributed by atoms with E-state index in [0.717, 1.165) is 36.4 Å². The molecule has 0 saturated carbocycles. The van der Waals surface area contributed by atoms with Crippen LogP contribution in [0.25, 0.3) is 0 Å². The number of non-ortho nitro benzene ring substituents is 1. The van der Waals surface area contributed by atoms with Crippen LogP contribution in [0.1, 0.15) is 76.7 Å². The number of aliphatic hydroxyl groups excluding tert-OH is 1. The van der Waals surface area contributed by atoms with Gasteiger partial charge in [-0.25, -0.2) is 26.7 Å². The van der Waals surface area contributed by atoms with E-state index in [9.17, 15) is 51.5 Å². The van der Waals surface area contributed by atoms with Gasteiger partial charge < -0.3 is 59.3 Å². The van der Waals surface area contributed by atoms with E-state index in [1.54, 1.807) is 48.3 Å². The molecular formula is C52H59F4N5O19P2. The number of halogens is 4. The highest BCUT2D eigenvalue weighted by atomic mass is 31.2. The number of amides is 2. The number of carbonyl (C=O) groups excluding carboxylic acids is 2. The lowest BCUT2D eigenvalue weighted by Crippen LogP contribution is -2.40. The van der Waals surface area contributed by atoms with E-state index < -0.39 is 116 Å². The average molecular weight is 1200 g/mol. The summed E-state index contributed by atoms with van der Waals surface area (Å²) in [5, 5.41) is 20.1. The van der Waals surface area contributed by atoms with Crippen molar-refractivity contribution in [3.8, 4) is 5.75 Å². The molecule has 6 fully saturated rings. The Balaban J connectivity index is 0.000000155. The maximum absolute atomic E-state index is 13.7. The number of nitrogens with two attached hydrogens (primary N) is 2. The zero-order valence-corrected chi connectivity index (χ0v) is 46.2. The molecule has 11 rings (SSSR count). The molecule has 8 aliphatic heterocycles. The van der Waals surface area contributed by atoms with Crippen LogP contribution in [0.5, 0.6) is 5.75 Å². The Kier molecular flexibility index (Phi) is 18.3. The third-order valence-corrected chi connectivity index (χ3v) is 16.4. The van der Waals surface area contributed by atoms with E-state index in [1.807, 2.05) is 26.1 Å². The topological polar surface area (TPSA) is 301 Å². The highest BCUT2D eigenvalue weighted by molar-refractivity contribution is 7.49. The van der Waals surface area contributed by atoms with Crippen molar-refractivity contribution in [1.29, 1.82) is 0 Å². The molecule has 0 bridgehead atoms. The number of phosphoric acid groups is 2. The number of nitro benzene ring substituents is 1. The number of phosphoric ester groups is 2. The van der Waals surface area contributed by atoms with Gasteiger partial charge in [-0.15, -0.1) is 0 Å². The summed E-state index contributed by atoms with van der Waals surface area (Å²) in [5.74, 6) is -5.70. The third-order valence-electron chi connectivity index (χ3n) is 13.4. The van der Waals surface area contributed by atoms with Gasteiger partial charge >= 0.3 is 15.6 Å². The van der Waals surface area contributed by atoms with Crippen molar-refractivity contribution in [2.24, 2.45) is 11.5 Å². The number of allylic oxidation sites excluding steroid dienone is 2. The molecule has 5 N–H and O–H groups in total. The SMILES string of the molecule is CC1(C)O[C@@H]2[C@H](O1)C(CO)O[C@H]2N1C=CCC(C(N)=O)=C1.CC1(C)O[C@@H]2[C@H](O1)C(COP1(=O)OCCC(c3cc(F)cc(F)c3)O1)O[C@H]2N1C=CCC(C(N)=O)=C1.O=[N+]([O-])c1ccc(OP2(=O)OCCC(c3cc(F)cc(F)c3)O2)cc1. The number of ether oxygens (including phenoxy) is 6. The van der Waals surface area contributed by atoms with Crippen LogP contribution >= 0.6 is 15.6 Å². The van der Waals surface area contributed by atoms with Crippen molar-refractivity contribution >= 4 is 33.1 Å². The second-order valence-electron chi connectivity index (χ2n) is 20.4. The molecule has 3 aromatic carbocycles. The molecule has 82 heavy (non-hydrogen) atoms. The molecule has 8 heterocycles. The highest BCUT2D eigenvalue weighted by Gasteiger charge is 2.58. The molecule has 24 nitrogen and oxygen atoms in total. The van der Waals surface area contributed by atoms with Crippen LogP contribution in [0.15, 0.2) is 109 Å². The zero-order chi connectivity index (χ0) is 58.9. The molecule has 8 aliphatic rings. The first-order chi connectivity index (χ1) is 38.8. The molecule has 6 unspecified atom stereocenters. The number of primary amides is 2. The third kappa shape index (κ3) is 14.5. The summed E-state index contributed by atoms with van der Waals surface area (Å²) in [7, 11) is -8.12. The van der Waals surface area contributed by atoms with Crippen LogP contribution in [0.4, 0.5) is 23.2 Å². The number of benzene rings is 3. The number of hydrogen-bond acceptors (Lipinski definition) is 21. The average Bonchev–Trinajstić information content (AvgIpc) is 2.63. The van der Waals surface area contributed by atoms with E-state index in [1.165, 1.54) is 24.3 Å². The highest BCUT2D eigenvalue weighted by Crippen LogP contribution is 2.58. The van der Waals surface area contributed by atoms with E-state index >= 15 is 0 Å². The van der Waals surface area contributed by atoms with Crippen LogP contribution in [-0.4, -0.2) is 119 Å². The maximum Gasteiger partial charge on any atom is 0.530 e. The minimum absolute atomic E-state index is 0.00613. The molecule has 0 radical (unpaired) electrons. The normalized spacial score (nSPS) is 32.3. The van der Waals surface area contributed by atoms with Gasteiger partial charge in [0, 0.05) is 73.1 Å². The van der Waals surface area contributed by atoms with Crippen LogP contribution in [-0.2, 0) is 69.8 Å². The lowest BCUT2D eigenvalue weighted by molar-refractivity contribution is -0.384. The molecule has 3 aromatic rings. The molecule has 0 aromatic heterocycles. The summed E-state index contributed by atoms with van der Waals surface area (Å²) < 4.78 is 147. The van der Waals surface area contributed by atoms with Gasteiger partial charge in [-0.2, -0.15) is 0 Å². The number of aliphatic hydroxyl groups is 1. The summed E-state index contributed by atoms with van der Waals surface area (Å²) in [6.07, 6.45) is 5.94. The van der Waals surface area contributed by atoms with Crippen molar-refractivity contribution in [3.63, 3.8) is 0 Å². The molecule has 0 aliphatic carbocycles. The van der Waals surface area contributed by atoms with E-state index in [4.69, 9.17) is 67.0 Å². The van der Waals surface area contributed by atoms with Crippen molar-refractivity contribution in [1.82, 2.24) is 9.80 Å². The number of rotatable bonds is 13. The van der Waals surface area contributed by atoms with Crippen molar-refractivity contribution < 1.29 is 102 Å². The largest absolute Gasteiger partial charge is 0.530 e. The second kappa shape index (κ2) is 24.7. The van der Waals surface area contributed by atoms with Gasteiger partial charge in [0.05, 0.1) is 43.6 Å². The Hall–Kier alpha value is -5.94. The van der Waals surface area contributed by atoms with Crippen molar-refractivity contribution in [2.45, 2.75) is 126 Å². The summed E-state index contributed by atoms with van der Waals surface area (Å²) in [4.78, 5) is 36.4. The first kappa shape index (κ1) is 60.6. The van der Waals surface area contributed by atoms with Gasteiger partial charge in [0.15, 0.2) is 24.0 Å². The first-order valence-corrected chi connectivity index (χ1v) is 28.6. The predicted molar refractivity (Wildman–Crippen MR) is 274 cm³/mol. The van der Waals surface area contributed by atoms with Gasteiger partial charge in [0.2, 0.25) is 11.8 Å². The minimum atomic E-state index is -4.08. The second-order valence-corrected chi connectivity index (χ2v) is 23.6. The number of carbonyl (C=O) groups is 2. The summed E-state index contributed by atoms with van der Waals surface area (Å²) in [6.45, 7) is 6.79. The summed E-state index contributed by atoms with van der Waals surface area (Å²) >= 11 is 0. The van der Waals surface area contributed by atoms with E-state index in [-0.39, 0.29) is 74.0 Å². The van der Waals surface area contributed by atoms with Crippen LogP contribution in [0.3, 0.4) is 0 Å². The van der Waals surface area contributed by atoms with Crippen LogP contribution < -0.4 is 16.0 Å². The number of fused-ring (bicyclic) bond motifs is 2.